The Morgan fingerprint density at radius 1 is 1.07 bits per heavy atom. The van der Waals surface area contributed by atoms with Crippen LogP contribution in [-0.4, -0.2) is 56.8 Å². The topological polar surface area (TPSA) is 78.2 Å². The summed E-state index contributed by atoms with van der Waals surface area (Å²) in [5.74, 6) is 1.59. The van der Waals surface area contributed by atoms with Crippen LogP contribution < -0.4 is 4.74 Å². The van der Waals surface area contributed by atoms with Crippen molar-refractivity contribution in [2.75, 3.05) is 40.0 Å². The number of carbonyl (C=O) groups is 2. The highest BCUT2D eigenvalue weighted by Gasteiger charge is 2.18. The van der Waals surface area contributed by atoms with Gasteiger partial charge in [0.2, 0.25) is 0 Å². The molecule has 1 amide bonds. The second-order valence-corrected chi connectivity index (χ2v) is 6.15. The Kier molecular flexibility index (Phi) is 6.49. The molecular formula is C20H23NO6. The van der Waals surface area contributed by atoms with Crippen LogP contribution in [0.15, 0.2) is 40.8 Å². The van der Waals surface area contributed by atoms with Crippen molar-refractivity contribution in [1.82, 2.24) is 4.90 Å². The van der Waals surface area contributed by atoms with Gasteiger partial charge in [0.25, 0.3) is 5.91 Å². The van der Waals surface area contributed by atoms with Crippen LogP contribution in [0, 0.1) is 0 Å². The molecule has 144 valence electrons. The number of morpholine rings is 1. The van der Waals surface area contributed by atoms with E-state index in [0.29, 0.717) is 38.5 Å². The van der Waals surface area contributed by atoms with Crippen LogP contribution >= 0.6 is 0 Å². The van der Waals surface area contributed by atoms with Gasteiger partial charge in [-0.15, -0.1) is 0 Å². The maximum Gasteiger partial charge on any atom is 0.306 e. The highest BCUT2D eigenvalue weighted by atomic mass is 16.5. The number of esters is 1. The Hall–Kier alpha value is -2.80. The summed E-state index contributed by atoms with van der Waals surface area (Å²) in [5.41, 5.74) is 0.931. The molecule has 0 N–H and O–H groups in total. The zero-order valence-corrected chi connectivity index (χ0v) is 15.3. The largest absolute Gasteiger partial charge is 0.497 e. The molecule has 0 bridgehead atoms. The van der Waals surface area contributed by atoms with Crippen molar-refractivity contribution in [3.8, 4) is 17.1 Å². The maximum atomic E-state index is 11.9. The van der Waals surface area contributed by atoms with Gasteiger partial charge in [0.15, 0.2) is 6.61 Å². The molecule has 2 heterocycles. The number of furan rings is 1. The minimum absolute atomic E-state index is 0.159. The van der Waals surface area contributed by atoms with Crippen molar-refractivity contribution in [3.05, 3.63) is 42.2 Å². The molecule has 1 aliphatic rings. The fraction of sp³-hybridized carbons (Fsp3) is 0.400. The molecule has 1 fully saturated rings. The average Bonchev–Trinajstić information content (AvgIpc) is 3.20. The van der Waals surface area contributed by atoms with Gasteiger partial charge in [0.05, 0.1) is 26.7 Å². The van der Waals surface area contributed by atoms with E-state index < -0.39 is 5.97 Å². The first-order chi connectivity index (χ1) is 13.2. The van der Waals surface area contributed by atoms with Crippen LogP contribution in [0.25, 0.3) is 11.3 Å². The van der Waals surface area contributed by atoms with E-state index in [0.717, 1.165) is 17.1 Å². The summed E-state index contributed by atoms with van der Waals surface area (Å²) in [6.45, 7) is 1.89. The molecular weight excluding hydrogens is 350 g/mol. The summed E-state index contributed by atoms with van der Waals surface area (Å²) < 4.78 is 21.2. The number of hydrogen-bond acceptors (Lipinski definition) is 6. The fourth-order valence-corrected chi connectivity index (χ4v) is 2.77. The lowest BCUT2D eigenvalue weighted by Crippen LogP contribution is -2.42. The number of nitrogens with zero attached hydrogens (tertiary/aromatic N) is 1. The van der Waals surface area contributed by atoms with Gasteiger partial charge in [-0.05, 0) is 36.4 Å². The lowest BCUT2D eigenvalue weighted by atomic mass is 10.2. The molecule has 1 aromatic carbocycles. The zero-order chi connectivity index (χ0) is 19.1. The predicted octanol–water partition coefficient (Wildman–Crippen LogP) is 2.29. The summed E-state index contributed by atoms with van der Waals surface area (Å²) >= 11 is 0. The number of rotatable bonds is 7. The van der Waals surface area contributed by atoms with E-state index >= 15 is 0 Å². The molecule has 0 aliphatic carbocycles. The normalized spacial score (nSPS) is 14.0. The third-order valence-electron chi connectivity index (χ3n) is 4.33. The minimum Gasteiger partial charge on any atom is -0.497 e. The zero-order valence-electron chi connectivity index (χ0n) is 15.3. The van der Waals surface area contributed by atoms with Gasteiger partial charge >= 0.3 is 5.97 Å². The number of carbonyl (C=O) groups excluding carboxylic acids is 2. The van der Waals surface area contributed by atoms with Crippen molar-refractivity contribution in [1.29, 1.82) is 0 Å². The Morgan fingerprint density at radius 2 is 1.81 bits per heavy atom. The van der Waals surface area contributed by atoms with E-state index in [9.17, 15) is 9.59 Å². The molecule has 0 unspecified atom stereocenters. The molecule has 0 atom stereocenters. The first-order valence-electron chi connectivity index (χ1n) is 8.90. The van der Waals surface area contributed by atoms with E-state index in [4.69, 9.17) is 18.6 Å². The first kappa shape index (κ1) is 19.0. The molecule has 7 nitrogen and oxygen atoms in total. The molecule has 0 spiro atoms. The van der Waals surface area contributed by atoms with Gasteiger partial charge in [-0.2, -0.15) is 0 Å². The molecule has 0 saturated carbocycles. The molecule has 1 saturated heterocycles. The number of aryl methyl sites for hydroxylation is 1. The maximum absolute atomic E-state index is 11.9. The second-order valence-electron chi connectivity index (χ2n) is 6.15. The van der Waals surface area contributed by atoms with Gasteiger partial charge in [-0.25, -0.2) is 0 Å². The lowest BCUT2D eigenvalue weighted by Gasteiger charge is -2.26. The molecule has 1 aliphatic heterocycles. The van der Waals surface area contributed by atoms with Gasteiger partial charge in [-0.3, -0.25) is 9.59 Å². The molecule has 7 heteroatoms. The van der Waals surface area contributed by atoms with Gasteiger partial charge in [0, 0.05) is 25.1 Å². The number of hydrogen-bond donors (Lipinski definition) is 0. The van der Waals surface area contributed by atoms with E-state index in [1.807, 2.05) is 36.4 Å². The third-order valence-corrected chi connectivity index (χ3v) is 4.33. The van der Waals surface area contributed by atoms with Crippen LogP contribution in [0.3, 0.4) is 0 Å². The number of methoxy groups -OCH3 is 1. The number of amides is 1. The van der Waals surface area contributed by atoms with E-state index in [2.05, 4.69) is 0 Å². The summed E-state index contributed by atoms with van der Waals surface area (Å²) in [6, 6.07) is 11.2. The van der Waals surface area contributed by atoms with E-state index in [1.165, 1.54) is 0 Å². The molecule has 3 rings (SSSR count). The molecule has 0 radical (unpaired) electrons. The van der Waals surface area contributed by atoms with Crippen molar-refractivity contribution in [3.63, 3.8) is 0 Å². The lowest BCUT2D eigenvalue weighted by molar-refractivity contribution is -0.153. The summed E-state index contributed by atoms with van der Waals surface area (Å²) in [6.07, 6.45) is 0.576. The van der Waals surface area contributed by atoms with E-state index in [-0.39, 0.29) is 18.9 Å². The molecule has 27 heavy (non-hydrogen) atoms. The highest BCUT2D eigenvalue weighted by molar-refractivity contribution is 5.80. The summed E-state index contributed by atoms with van der Waals surface area (Å²) in [4.78, 5) is 25.5. The smallest absolute Gasteiger partial charge is 0.306 e. The van der Waals surface area contributed by atoms with Gasteiger partial charge < -0.3 is 23.5 Å². The number of ether oxygens (including phenoxy) is 3. The van der Waals surface area contributed by atoms with Crippen molar-refractivity contribution in [2.45, 2.75) is 12.8 Å². The van der Waals surface area contributed by atoms with Gasteiger partial charge in [0.1, 0.15) is 17.3 Å². The first-order valence-corrected chi connectivity index (χ1v) is 8.90. The van der Waals surface area contributed by atoms with Crippen molar-refractivity contribution >= 4 is 11.9 Å². The van der Waals surface area contributed by atoms with E-state index in [1.54, 1.807) is 12.0 Å². The summed E-state index contributed by atoms with van der Waals surface area (Å²) in [5, 5.41) is 0. The van der Waals surface area contributed by atoms with Crippen molar-refractivity contribution < 1.29 is 28.2 Å². The quantitative estimate of drug-likeness (QED) is 0.693. The molecule has 1 aromatic heterocycles. The van der Waals surface area contributed by atoms with Gasteiger partial charge in [-0.1, -0.05) is 0 Å². The molecule has 2 aromatic rings. The summed E-state index contributed by atoms with van der Waals surface area (Å²) in [7, 11) is 1.62. The highest BCUT2D eigenvalue weighted by Crippen LogP contribution is 2.25. The van der Waals surface area contributed by atoms with Crippen LogP contribution in [0.1, 0.15) is 12.2 Å². The fourth-order valence-electron chi connectivity index (χ4n) is 2.77. The number of benzene rings is 1. The van der Waals surface area contributed by atoms with Crippen LogP contribution in [0.5, 0.6) is 5.75 Å². The van der Waals surface area contributed by atoms with Crippen molar-refractivity contribution in [2.24, 2.45) is 0 Å². The van der Waals surface area contributed by atoms with Crippen LogP contribution in [0.4, 0.5) is 0 Å². The van der Waals surface area contributed by atoms with Crippen LogP contribution in [0.2, 0.25) is 0 Å². The second kappa shape index (κ2) is 9.23. The Bertz CT molecular complexity index is 761. The Labute approximate surface area is 157 Å². The standard InChI is InChI=1S/C20H23NO6/c1-24-16-4-2-15(3-5-16)18-8-6-17(27-18)7-9-20(23)26-14-19(22)21-10-12-25-13-11-21/h2-6,8H,7,9-14H2,1H3. The SMILES string of the molecule is COc1ccc(-c2ccc(CCC(=O)OCC(=O)N3CCOCC3)o2)cc1. The average molecular weight is 373 g/mol. The van der Waals surface area contributed by atoms with Crippen LogP contribution in [-0.2, 0) is 25.5 Å². The Balaban J connectivity index is 1.43. The monoisotopic (exact) mass is 373 g/mol. The third kappa shape index (κ3) is 5.34. The Morgan fingerprint density at radius 3 is 2.52 bits per heavy atom. The minimum atomic E-state index is -0.418. The predicted molar refractivity (Wildman–Crippen MR) is 97.4 cm³/mol.